The molecular formula is C20H22F3N5O3. The number of nitrogens with one attached hydrogen (secondary N) is 1. The number of halogens is 3. The van der Waals surface area contributed by atoms with E-state index in [1.54, 1.807) is 17.9 Å². The van der Waals surface area contributed by atoms with Crippen LogP contribution in [0.4, 0.5) is 13.2 Å². The number of alkyl halides is 3. The summed E-state index contributed by atoms with van der Waals surface area (Å²) in [6.07, 6.45) is -1.62. The van der Waals surface area contributed by atoms with Crippen molar-refractivity contribution in [2.45, 2.75) is 46.0 Å². The molecule has 0 radical (unpaired) electrons. The van der Waals surface area contributed by atoms with E-state index in [1.807, 2.05) is 6.92 Å². The van der Waals surface area contributed by atoms with Crippen molar-refractivity contribution in [3.63, 3.8) is 0 Å². The van der Waals surface area contributed by atoms with E-state index in [-0.39, 0.29) is 36.4 Å². The van der Waals surface area contributed by atoms with Gasteiger partial charge in [0.05, 0.1) is 35.7 Å². The van der Waals surface area contributed by atoms with Gasteiger partial charge < -0.3 is 15.0 Å². The molecule has 0 aromatic carbocycles. The highest BCUT2D eigenvalue weighted by molar-refractivity contribution is 5.99. The van der Waals surface area contributed by atoms with E-state index in [9.17, 15) is 22.8 Å². The van der Waals surface area contributed by atoms with Crippen molar-refractivity contribution in [3.8, 4) is 5.88 Å². The van der Waals surface area contributed by atoms with E-state index in [1.165, 1.54) is 19.3 Å². The van der Waals surface area contributed by atoms with Gasteiger partial charge in [-0.3, -0.25) is 14.6 Å². The summed E-state index contributed by atoms with van der Waals surface area (Å²) in [4.78, 5) is 39.0. The Balaban J connectivity index is 1.78. The van der Waals surface area contributed by atoms with Crippen LogP contribution < -0.4 is 10.1 Å². The minimum absolute atomic E-state index is 0.0661. The van der Waals surface area contributed by atoms with E-state index >= 15 is 0 Å². The van der Waals surface area contributed by atoms with Crippen molar-refractivity contribution < 1.29 is 27.5 Å². The summed E-state index contributed by atoms with van der Waals surface area (Å²) in [5.74, 6) is -0.630. The van der Waals surface area contributed by atoms with E-state index in [0.717, 1.165) is 0 Å². The second kappa shape index (κ2) is 8.86. The maximum atomic E-state index is 12.9. The highest BCUT2D eigenvalue weighted by Gasteiger charge is 2.35. The Morgan fingerprint density at radius 2 is 2.10 bits per heavy atom. The number of fused-ring (bicyclic) bond motifs is 1. The van der Waals surface area contributed by atoms with Gasteiger partial charge in [-0.25, -0.2) is 9.97 Å². The number of hydrogen-bond acceptors (Lipinski definition) is 6. The zero-order valence-electron chi connectivity index (χ0n) is 17.3. The Kier molecular flexibility index (Phi) is 6.42. The summed E-state index contributed by atoms with van der Waals surface area (Å²) < 4.78 is 41.8. The summed E-state index contributed by atoms with van der Waals surface area (Å²) in [6.45, 7) is 4.33. The molecule has 0 aliphatic carbocycles. The van der Waals surface area contributed by atoms with Gasteiger partial charge in [0, 0.05) is 30.4 Å². The van der Waals surface area contributed by atoms with Crippen molar-refractivity contribution in [2.24, 2.45) is 0 Å². The Labute approximate surface area is 176 Å². The van der Waals surface area contributed by atoms with Crippen molar-refractivity contribution in [2.75, 3.05) is 13.2 Å². The standard InChI is InChI=1S/C20H22F3N5O3/c1-4-24-17(29)7-15-14-9-28(19(30)13(14)5-6-25-15)12(3)16-8-26-18(11(2)27-16)31-10-20(21,22)23/h5-6,8,12H,4,7,9-10H2,1-3H3,(H,24,29). The van der Waals surface area contributed by atoms with Crippen LogP contribution in [0.5, 0.6) is 5.88 Å². The normalized spacial score (nSPS) is 14.4. The van der Waals surface area contributed by atoms with E-state index in [2.05, 4.69) is 25.0 Å². The zero-order valence-corrected chi connectivity index (χ0v) is 17.3. The summed E-state index contributed by atoms with van der Waals surface area (Å²) in [6, 6.07) is 1.11. The number of aromatic nitrogens is 3. The molecule has 31 heavy (non-hydrogen) atoms. The average Bonchev–Trinajstić information content (AvgIpc) is 3.04. The van der Waals surface area contributed by atoms with Crippen molar-refractivity contribution in [1.29, 1.82) is 0 Å². The van der Waals surface area contributed by atoms with Crippen LogP contribution >= 0.6 is 0 Å². The van der Waals surface area contributed by atoms with Crippen LogP contribution in [0, 0.1) is 6.92 Å². The predicted molar refractivity (Wildman–Crippen MR) is 103 cm³/mol. The van der Waals surface area contributed by atoms with Crippen LogP contribution in [0.25, 0.3) is 0 Å². The van der Waals surface area contributed by atoms with Crippen molar-refractivity contribution >= 4 is 11.8 Å². The molecule has 0 bridgehead atoms. The monoisotopic (exact) mass is 437 g/mol. The lowest BCUT2D eigenvalue weighted by molar-refractivity contribution is -0.154. The topological polar surface area (TPSA) is 97.3 Å². The Morgan fingerprint density at radius 3 is 2.74 bits per heavy atom. The zero-order chi connectivity index (χ0) is 22.8. The molecule has 0 saturated heterocycles. The van der Waals surface area contributed by atoms with Crippen LogP contribution in [0.15, 0.2) is 18.5 Å². The fourth-order valence-corrected chi connectivity index (χ4v) is 3.33. The van der Waals surface area contributed by atoms with E-state index in [4.69, 9.17) is 0 Å². The average molecular weight is 437 g/mol. The third-order valence-electron chi connectivity index (χ3n) is 4.86. The Morgan fingerprint density at radius 1 is 1.35 bits per heavy atom. The number of hydrogen-bond donors (Lipinski definition) is 1. The molecule has 2 amide bonds. The third-order valence-corrected chi connectivity index (χ3v) is 4.86. The number of rotatable bonds is 7. The van der Waals surface area contributed by atoms with Gasteiger partial charge in [-0.1, -0.05) is 0 Å². The van der Waals surface area contributed by atoms with Gasteiger partial charge in [0.1, 0.15) is 0 Å². The van der Waals surface area contributed by atoms with Crippen LogP contribution in [0.3, 0.4) is 0 Å². The van der Waals surface area contributed by atoms with Crippen LogP contribution in [-0.2, 0) is 17.8 Å². The molecule has 1 N–H and O–H groups in total. The molecule has 0 fully saturated rings. The van der Waals surface area contributed by atoms with Gasteiger partial charge in [0.15, 0.2) is 6.61 Å². The van der Waals surface area contributed by atoms with Gasteiger partial charge in [-0.05, 0) is 26.8 Å². The largest absolute Gasteiger partial charge is 0.467 e. The second-order valence-corrected chi connectivity index (χ2v) is 7.11. The van der Waals surface area contributed by atoms with Gasteiger partial charge in [0.2, 0.25) is 11.8 Å². The Hall–Kier alpha value is -3.24. The maximum Gasteiger partial charge on any atom is 0.422 e. The summed E-state index contributed by atoms with van der Waals surface area (Å²) in [7, 11) is 0. The van der Waals surface area contributed by atoms with Gasteiger partial charge in [-0.2, -0.15) is 13.2 Å². The number of amides is 2. The third kappa shape index (κ3) is 5.09. The lowest BCUT2D eigenvalue weighted by atomic mass is 10.1. The van der Waals surface area contributed by atoms with E-state index < -0.39 is 18.8 Å². The first-order chi connectivity index (χ1) is 14.6. The number of carbonyl (C=O) groups excluding carboxylic acids is 2. The second-order valence-electron chi connectivity index (χ2n) is 7.11. The number of ether oxygens (including phenoxy) is 1. The number of pyridine rings is 1. The molecule has 0 saturated carbocycles. The summed E-state index contributed by atoms with van der Waals surface area (Å²) >= 11 is 0. The first-order valence-corrected chi connectivity index (χ1v) is 9.68. The smallest absolute Gasteiger partial charge is 0.422 e. The molecule has 1 atom stereocenters. The van der Waals surface area contributed by atoms with Gasteiger partial charge in [0.25, 0.3) is 5.91 Å². The predicted octanol–water partition coefficient (Wildman–Crippen LogP) is 2.52. The molecule has 1 aliphatic heterocycles. The summed E-state index contributed by atoms with van der Waals surface area (Å²) in [5, 5.41) is 2.71. The number of aryl methyl sites for hydroxylation is 1. The first kappa shape index (κ1) is 22.4. The molecule has 11 heteroatoms. The van der Waals surface area contributed by atoms with Gasteiger partial charge >= 0.3 is 6.18 Å². The fourth-order valence-electron chi connectivity index (χ4n) is 3.33. The first-order valence-electron chi connectivity index (χ1n) is 9.68. The molecule has 1 unspecified atom stereocenters. The molecule has 1 aliphatic rings. The highest BCUT2D eigenvalue weighted by atomic mass is 19.4. The van der Waals surface area contributed by atoms with Crippen LogP contribution in [0.1, 0.15) is 52.9 Å². The number of likely N-dealkylation sites (N-methyl/N-ethyl adjacent to an activating group) is 1. The lowest BCUT2D eigenvalue weighted by Crippen LogP contribution is -2.28. The molecule has 2 aromatic rings. The number of nitrogens with zero attached hydrogens (tertiary/aromatic N) is 4. The molecule has 8 nitrogen and oxygen atoms in total. The molecular weight excluding hydrogens is 415 g/mol. The van der Waals surface area contributed by atoms with Crippen LogP contribution in [-0.4, -0.2) is 51.0 Å². The van der Waals surface area contributed by atoms with Crippen molar-refractivity contribution in [3.05, 3.63) is 46.7 Å². The van der Waals surface area contributed by atoms with Gasteiger partial charge in [-0.15, -0.1) is 0 Å². The van der Waals surface area contributed by atoms with Crippen LogP contribution in [0.2, 0.25) is 0 Å². The molecule has 2 aromatic heterocycles. The molecule has 0 spiro atoms. The fraction of sp³-hybridized carbons (Fsp3) is 0.450. The number of carbonyl (C=O) groups is 2. The minimum atomic E-state index is -4.48. The molecule has 3 rings (SSSR count). The lowest BCUT2D eigenvalue weighted by Gasteiger charge is -2.24. The molecule has 3 heterocycles. The molecule has 166 valence electrons. The SMILES string of the molecule is CCNC(=O)Cc1nccc2c1CN(C(C)c1cnc(OCC(F)(F)F)c(C)n1)C2=O. The Bertz CT molecular complexity index is 997. The minimum Gasteiger partial charge on any atom is -0.467 e. The summed E-state index contributed by atoms with van der Waals surface area (Å²) in [5.41, 5.74) is 2.29. The maximum absolute atomic E-state index is 12.9. The van der Waals surface area contributed by atoms with Crippen molar-refractivity contribution in [1.82, 2.24) is 25.2 Å². The quantitative estimate of drug-likeness (QED) is 0.715. The highest BCUT2D eigenvalue weighted by Crippen LogP contribution is 2.32. The van der Waals surface area contributed by atoms with E-state index in [0.29, 0.717) is 29.1 Å².